The van der Waals surface area contributed by atoms with Crippen molar-refractivity contribution < 1.29 is 31.9 Å². The molecule has 0 aliphatic rings. The number of hydrogen-bond acceptors (Lipinski definition) is 6. The number of halogens is 1. The van der Waals surface area contributed by atoms with E-state index in [-0.39, 0.29) is 17.1 Å². The van der Waals surface area contributed by atoms with Crippen LogP contribution >= 0.6 is 0 Å². The molecule has 0 spiro atoms. The Morgan fingerprint density at radius 3 is 2.08 bits per heavy atom. The number of hydrogen-bond donors (Lipinski definition) is 1. The van der Waals surface area contributed by atoms with E-state index in [9.17, 15) is 22.4 Å². The molecule has 0 aromatic heterocycles. The number of benzene rings is 3. The number of carbonyl (C=O) groups excluding carboxylic acids is 2. The zero-order chi connectivity index (χ0) is 28.6. The maximum atomic E-state index is 13.8. The fourth-order valence-corrected chi connectivity index (χ4v) is 5.27. The number of carbonyl (C=O) groups is 2. The second-order valence-corrected chi connectivity index (χ2v) is 10.4. The average molecular weight is 558 g/mol. The predicted molar refractivity (Wildman–Crippen MR) is 146 cm³/mol. The first-order valence-electron chi connectivity index (χ1n) is 12.3. The third-order valence-electron chi connectivity index (χ3n) is 6.04. The van der Waals surface area contributed by atoms with Crippen LogP contribution in [0.5, 0.6) is 11.5 Å². The van der Waals surface area contributed by atoms with Crippen LogP contribution in [0.3, 0.4) is 0 Å². The van der Waals surface area contributed by atoms with Crippen molar-refractivity contribution in [1.29, 1.82) is 0 Å². The molecule has 9 nitrogen and oxygen atoms in total. The lowest BCUT2D eigenvalue weighted by Gasteiger charge is -2.31. The van der Waals surface area contributed by atoms with Crippen LogP contribution in [-0.4, -0.2) is 58.5 Å². The molecule has 0 bridgehead atoms. The second kappa shape index (κ2) is 13.1. The summed E-state index contributed by atoms with van der Waals surface area (Å²) in [5.41, 5.74) is 0.804. The number of anilines is 1. The van der Waals surface area contributed by atoms with Gasteiger partial charge in [-0.3, -0.25) is 13.9 Å². The number of amides is 2. The third kappa shape index (κ3) is 7.26. The Balaban J connectivity index is 2.00. The van der Waals surface area contributed by atoms with Gasteiger partial charge in [-0.25, -0.2) is 12.8 Å². The van der Waals surface area contributed by atoms with Crippen LogP contribution in [0.25, 0.3) is 0 Å². The Hall–Kier alpha value is -4.12. The van der Waals surface area contributed by atoms with E-state index < -0.39 is 40.2 Å². The van der Waals surface area contributed by atoms with Crippen LogP contribution in [-0.2, 0) is 26.2 Å². The van der Waals surface area contributed by atoms with Crippen LogP contribution in [0.4, 0.5) is 10.1 Å². The summed E-state index contributed by atoms with van der Waals surface area (Å²) in [6.07, 6.45) is 0. The Morgan fingerprint density at radius 2 is 1.54 bits per heavy atom. The maximum absolute atomic E-state index is 13.8. The van der Waals surface area contributed by atoms with Gasteiger partial charge in [0.25, 0.3) is 10.0 Å². The minimum Gasteiger partial charge on any atom is -0.497 e. The Labute approximate surface area is 228 Å². The van der Waals surface area contributed by atoms with Gasteiger partial charge in [0.15, 0.2) is 0 Å². The zero-order valence-corrected chi connectivity index (χ0v) is 23.1. The fraction of sp³-hybridized carbons (Fsp3) is 0.286. The Bertz CT molecular complexity index is 1360. The molecule has 0 saturated heterocycles. The van der Waals surface area contributed by atoms with E-state index in [4.69, 9.17) is 9.47 Å². The summed E-state index contributed by atoms with van der Waals surface area (Å²) in [4.78, 5) is 27.5. The standard InChI is InChI=1S/C28H32FN3O6S/c1-5-38-25-14-16-26(17-15-25)39(35,36)32(23-10-8-22(29)9-11-23)19-27(33)31(20(2)28(34)30-3)18-21-6-12-24(37-4)13-7-21/h6-17,20H,5,18-19H2,1-4H3,(H,30,34)/t20-/m0/s1. The molecule has 0 aliphatic heterocycles. The highest BCUT2D eigenvalue weighted by atomic mass is 32.2. The van der Waals surface area contributed by atoms with E-state index >= 15 is 0 Å². The molecule has 1 N–H and O–H groups in total. The highest BCUT2D eigenvalue weighted by Crippen LogP contribution is 2.26. The van der Waals surface area contributed by atoms with Crippen LogP contribution in [0, 0.1) is 5.82 Å². The molecular weight excluding hydrogens is 525 g/mol. The SMILES string of the molecule is CCOc1ccc(S(=O)(=O)N(CC(=O)N(Cc2ccc(OC)cc2)[C@@H](C)C(=O)NC)c2ccc(F)cc2)cc1. The number of likely N-dealkylation sites (N-methyl/N-ethyl adjacent to an activating group) is 1. The van der Waals surface area contributed by atoms with Gasteiger partial charge in [-0.1, -0.05) is 12.1 Å². The smallest absolute Gasteiger partial charge is 0.264 e. The first-order valence-corrected chi connectivity index (χ1v) is 13.7. The molecule has 0 heterocycles. The highest BCUT2D eigenvalue weighted by Gasteiger charge is 2.32. The van der Waals surface area contributed by atoms with Crippen molar-refractivity contribution in [3.05, 3.63) is 84.2 Å². The summed E-state index contributed by atoms with van der Waals surface area (Å²) >= 11 is 0. The van der Waals surface area contributed by atoms with Gasteiger partial charge in [0, 0.05) is 13.6 Å². The lowest BCUT2D eigenvalue weighted by Crippen LogP contribution is -2.50. The molecule has 0 saturated carbocycles. The summed E-state index contributed by atoms with van der Waals surface area (Å²) in [6, 6.07) is 16.6. The minimum atomic E-state index is -4.27. The van der Waals surface area contributed by atoms with Gasteiger partial charge in [0.2, 0.25) is 11.8 Å². The molecule has 3 aromatic carbocycles. The first-order chi connectivity index (χ1) is 18.6. The lowest BCUT2D eigenvalue weighted by molar-refractivity contribution is -0.139. The molecule has 0 aliphatic carbocycles. The quantitative estimate of drug-likeness (QED) is 0.365. The monoisotopic (exact) mass is 557 g/mol. The molecule has 0 radical (unpaired) electrons. The van der Waals surface area contributed by atoms with Gasteiger partial charge in [-0.2, -0.15) is 0 Å². The van der Waals surface area contributed by atoms with Crippen molar-refractivity contribution in [2.24, 2.45) is 0 Å². The van der Waals surface area contributed by atoms with Crippen LogP contribution in [0.1, 0.15) is 19.4 Å². The predicted octanol–water partition coefficient (Wildman–Crippen LogP) is 3.59. The highest BCUT2D eigenvalue weighted by molar-refractivity contribution is 7.92. The van der Waals surface area contributed by atoms with Crippen molar-refractivity contribution in [3.63, 3.8) is 0 Å². The van der Waals surface area contributed by atoms with Gasteiger partial charge >= 0.3 is 0 Å². The molecule has 0 fully saturated rings. The van der Waals surface area contributed by atoms with Gasteiger partial charge < -0.3 is 19.7 Å². The molecule has 1 atom stereocenters. The second-order valence-electron chi connectivity index (χ2n) is 8.55. The van der Waals surface area contributed by atoms with E-state index in [1.807, 2.05) is 6.92 Å². The fourth-order valence-electron chi connectivity index (χ4n) is 3.86. The molecule has 3 rings (SSSR count). The largest absolute Gasteiger partial charge is 0.497 e. The lowest BCUT2D eigenvalue weighted by atomic mass is 10.1. The van der Waals surface area contributed by atoms with Gasteiger partial charge in [-0.15, -0.1) is 0 Å². The van der Waals surface area contributed by atoms with Crippen molar-refractivity contribution in [3.8, 4) is 11.5 Å². The molecule has 208 valence electrons. The molecule has 0 unspecified atom stereocenters. The summed E-state index contributed by atoms with van der Waals surface area (Å²) in [7, 11) is -1.28. The Kier molecular flexibility index (Phi) is 9.89. The Morgan fingerprint density at radius 1 is 0.949 bits per heavy atom. The van der Waals surface area contributed by atoms with Crippen LogP contribution in [0.15, 0.2) is 77.7 Å². The van der Waals surface area contributed by atoms with Gasteiger partial charge in [-0.05, 0) is 80.1 Å². The summed E-state index contributed by atoms with van der Waals surface area (Å²) < 4.78 is 52.7. The molecule has 2 amide bonds. The zero-order valence-electron chi connectivity index (χ0n) is 22.3. The normalized spacial score (nSPS) is 11.8. The molecular formula is C28H32FN3O6S. The summed E-state index contributed by atoms with van der Waals surface area (Å²) in [5, 5.41) is 2.53. The van der Waals surface area contributed by atoms with E-state index in [1.165, 1.54) is 55.5 Å². The third-order valence-corrected chi connectivity index (χ3v) is 7.83. The number of ether oxygens (including phenoxy) is 2. The van der Waals surface area contributed by atoms with Crippen molar-refractivity contribution in [2.45, 2.75) is 31.3 Å². The maximum Gasteiger partial charge on any atom is 0.264 e. The van der Waals surface area contributed by atoms with Crippen molar-refractivity contribution in [2.75, 3.05) is 31.6 Å². The number of nitrogens with zero attached hydrogens (tertiary/aromatic N) is 2. The van der Waals surface area contributed by atoms with Gasteiger partial charge in [0.1, 0.15) is 29.9 Å². The van der Waals surface area contributed by atoms with E-state index in [0.29, 0.717) is 23.7 Å². The van der Waals surface area contributed by atoms with Gasteiger partial charge in [0.05, 0.1) is 24.3 Å². The van der Waals surface area contributed by atoms with Crippen molar-refractivity contribution in [1.82, 2.24) is 10.2 Å². The number of rotatable bonds is 12. The topological polar surface area (TPSA) is 105 Å². The average Bonchev–Trinajstić information content (AvgIpc) is 2.95. The van der Waals surface area contributed by atoms with E-state index in [0.717, 1.165) is 16.4 Å². The van der Waals surface area contributed by atoms with E-state index in [1.54, 1.807) is 31.2 Å². The van der Waals surface area contributed by atoms with E-state index in [2.05, 4.69) is 5.32 Å². The number of sulfonamides is 1. The summed E-state index contributed by atoms with van der Waals surface area (Å²) in [5.74, 6) is -0.482. The first kappa shape index (κ1) is 29.4. The van der Waals surface area contributed by atoms with Crippen LogP contribution in [0.2, 0.25) is 0 Å². The minimum absolute atomic E-state index is 0.0395. The summed E-state index contributed by atoms with van der Waals surface area (Å²) in [6.45, 7) is 3.19. The number of nitrogens with one attached hydrogen (secondary N) is 1. The van der Waals surface area contributed by atoms with Crippen LogP contribution < -0.4 is 19.1 Å². The molecule has 39 heavy (non-hydrogen) atoms. The molecule has 3 aromatic rings. The molecule has 11 heteroatoms. The van der Waals surface area contributed by atoms with Crippen molar-refractivity contribution >= 4 is 27.5 Å². The number of methoxy groups -OCH3 is 1.